The van der Waals surface area contributed by atoms with Gasteiger partial charge in [0.2, 0.25) is 5.91 Å². The SMILES string of the molecule is Cc1ccccc1CN1CCN(CC(=O)N2CC=C(c3ccccc3)CC2)CC1. The average molecular weight is 390 g/mol. The Morgan fingerprint density at radius 3 is 2.24 bits per heavy atom. The summed E-state index contributed by atoms with van der Waals surface area (Å²) in [6, 6.07) is 19.1. The topological polar surface area (TPSA) is 26.8 Å². The minimum Gasteiger partial charge on any atom is -0.338 e. The molecule has 2 aliphatic heterocycles. The standard InChI is InChI=1S/C25H31N3O/c1-21-7-5-6-10-24(21)19-26-15-17-27(18-16-26)20-25(29)28-13-11-23(12-14-28)22-8-3-2-4-9-22/h2-11H,12-20H2,1H3. The van der Waals surface area contributed by atoms with Gasteiger partial charge in [0.25, 0.3) is 0 Å². The zero-order chi connectivity index (χ0) is 20.1. The quantitative estimate of drug-likeness (QED) is 0.784. The molecular formula is C25H31N3O. The number of amides is 1. The summed E-state index contributed by atoms with van der Waals surface area (Å²) in [6.07, 6.45) is 3.16. The minimum atomic E-state index is 0.265. The molecule has 29 heavy (non-hydrogen) atoms. The molecule has 0 spiro atoms. The summed E-state index contributed by atoms with van der Waals surface area (Å²) < 4.78 is 0. The lowest BCUT2D eigenvalue weighted by Gasteiger charge is -2.36. The number of carbonyl (C=O) groups is 1. The van der Waals surface area contributed by atoms with Crippen molar-refractivity contribution >= 4 is 11.5 Å². The zero-order valence-electron chi connectivity index (χ0n) is 17.4. The van der Waals surface area contributed by atoms with Crippen LogP contribution in [0.2, 0.25) is 0 Å². The molecule has 0 N–H and O–H groups in total. The first-order chi connectivity index (χ1) is 14.2. The number of nitrogens with zero attached hydrogens (tertiary/aromatic N) is 3. The molecule has 4 heteroatoms. The maximum atomic E-state index is 12.8. The van der Waals surface area contributed by atoms with Crippen LogP contribution >= 0.6 is 0 Å². The molecular weight excluding hydrogens is 358 g/mol. The van der Waals surface area contributed by atoms with E-state index in [1.807, 2.05) is 11.0 Å². The molecule has 0 bridgehead atoms. The molecule has 2 aliphatic rings. The molecule has 152 valence electrons. The maximum absolute atomic E-state index is 12.8. The summed E-state index contributed by atoms with van der Waals surface area (Å²) in [4.78, 5) is 19.6. The number of benzene rings is 2. The maximum Gasteiger partial charge on any atom is 0.237 e. The Morgan fingerprint density at radius 2 is 1.55 bits per heavy atom. The van der Waals surface area contributed by atoms with Crippen molar-refractivity contribution in [2.45, 2.75) is 19.9 Å². The van der Waals surface area contributed by atoms with Gasteiger partial charge in [0.05, 0.1) is 6.54 Å². The fraction of sp³-hybridized carbons (Fsp3) is 0.400. The van der Waals surface area contributed by atoms with E-state index in [-0.39, 0.29) is 5.91 Å². The van der Waals surface area contributed by atoms with Crippen LogP contribution in [0.25, 0.3) is 5.57 Å². The third-order valence-corrected chi connectivity index (χ3v) is 6.19. The van der Waals surface area contributed by atoms with Crippen molar-refractivity contribution in [2.24, 2.45) is 0 Å². The zero-order valence-corrected chi connectivity index (χ0v) is 17.4. The molecule has 4 nitrogen and oxygen atoms in total. The lowest BCUT2D eigenvalue weighted by atomic mass is 9.99. The second kappa shape index (κ2) is 9.38. The second-order valence-electron chi connectivity index (χ2n) is 8.16. The molecule has 1 saturated heterocycles. The molecule has 2 heterocycles. The lowest BCUT2D eigenvalue weighted by Crippen LogP contribution is -2.50. The molecule has 0 aromatic heterocycles. The highest BCUT2D eigenvalue weighted by Gasteiger charge is 2.23. The van der Waals surface area contributed by atoms with Crippen LogP contribution in [0.3, 0.4) is 0 Å². The Labute approximate surface area is 174 Å². The van der Waals surface area contributed by atoms with Gasteiger partial charge in [0.1, 0.15) is 0 Å². The van der Waals surface area contributed by atoms with Crippen LogP contribution in [-0.2, 0) is 11.3 Å². The van der Waals surface area contributed by atoms with E-state index in [0.717, 1.165) is 52.2 Å². The van der Waals surface area contributed by atoms with E-state index in [1.165, 1.54) is 22.3 Å². The predicted octanol–water partition coefficient (Wildman–Crippen LogP) is 3.43. The van der Waals surface area contributed by atoms with Gasteiger partial charge >= 0.3 is 0 Å². The van der Waals surface area contributed by atoms with Gasteiger partial charge in [0, 0.05) is 45.8 Å². The second-order valence-corrected chi connectivity index (χ2v) is 8.16. The molecule has 0 atom stereocenters. The Morgan fingerprint density at radius 1 is 0.862 bits per heavy atom. The number of hydrogen-bond acceptors (Lipinski definition) is 3. The van der Waals surface area contributed by atoms with E-state index in [0.29, 0.717) is 6.54 Å². The average Bonchev–Trinajstić information content (AvgIpc) is 2.77. The van der Waals surface area contributed by atoms with Crippen molar-refractivity contribution < 1.29 is 4.79 Å². The van der Waals surface area contributed by atoms with E-state index < -0.39 is 0 Å². The lowest BCUT2D eigenvalue weighted by molar-refractivity contribution is -0.132. The Balaban J connectivity index is 1.23. The molecule has 2 aromatic carbocycles. The largest absolute Gasteiger partial charge is 0.338 e. The summed E-state index contributed by atoms with van der Waals surface area (Å²) in [5.74, 6) is 0.265. The summed E-state index contributed by atoms with van der Waals surface area (Å²) in [7, 11) is 0. The minimum absolute atomic E-state index is 0.265. The summed E-state index contributed by atoms with van der Waals surface area (Å²) >= 11 is 0. The smallest absolute Gasteiger partial charge is 0.237 e. The van der Waals surface area contributed by atoms with Gasteiger partial charge in [0.15, 0.2) is 0 Å². The van der Waals surface area contributed by atoms with Gasteiger partial charge in [-0.2, -0.15) is 0 Å². The first kappa shape index (κ1) is 19.9. The fourth-order valence-electron chi connectivity index (χ4n) is 4.24. The van der Waals surface area contributed by atoms with E-state index in [4.69, 9.17) is 0 Å². The molecule has 4 rings (SSSR count). The van der Waals surface area contributed by atoms with Crippen LogP contribution in [0.5, 0.6) is 0 Å². The van der Waals surface area contributed by atoms with Gasteiger partial charge < -0.3 is 4.90 Å². The Kier molecular flexibility index (Phi) is 6.43. The molecule has 2 aromatic rings. The van der Waals surface area contributed by atoms with Gasteiger partial charge in [-0.25, -0.2) is 0 Å². The Bertz CT molecular complexity index is 853. The number of rotatable bonds is 5. The van der Waals surface area contributed by atoms with Gasteiger partial charge in [-0.15, -0.1) is 0 Å². The third-order valence-electron chi connectivity index (χ3n) is 6.19. The van der Waals surface area contributed by atoms with E-state index in [1.54, 1.807) is 0 Å². The van der Waals surface area contributed by atoms with Gasteiger partial charge in [-0.05, 0) is 35.6 Å². The van der Waals surface area contributed by atoms with Gasteiger partial charge in [-0.1, -0.05) is 60.7 Å². The highest BCUT2D eigenvalue weighted by atomic mass is 16.2. The first-order valence-corrected chi connectivity index (χ1v) is 10.7. The van der Waals surface area contributed by atoms with Crippen LogP contribution in [0, 0.1) is 6.92 Å². The molecule has 0 unspecified atom stereocenters. The van der Waals surface area contributed by atoms with Crippen LogP contribution < -0.4 is 0 Å². The molecule has 0 radical (unpaired) electrons. The summed E-state index contributed by atoms with van der Waals surface area (Å²) in [5.41, 5.74) is 5.41. The summed E-state index contributed by atoms with van der Waals surface area (Å²) in [6.45, 7) is 9.29. The first-order valence-electron chi connectivity index (χ1n) is 10.7. The molecule has 1 amide bonds. The fourth-order valence-corrected chi connectivity index (χ4v) is 4.24. The number of carbonyl (C=O) groups excluding carboxylic acids is 1. The molecule has 1 fully saturated rings. The van der Waals surface area contributed by atoms with E-state index in [9.17, 15) is 4.79 Å². The highest BCUT2D eigenvalue weighted by Crippen LogP contribution is 2.22. The van der Waals surface area contributed by atoms with Crippen molar-refractivity contribution in [3.63, 3.8) is 0 Å². The van der Waals surface area contributed by atoms with Crippen molar-refractivity contribution in [1.29, 1.82) is 0 Å². The van der Waals surface area contributed by atoms with E-state index in [2.05, 4.69) is 71.3 Å². The normalized spacial score (nSPS) is 18.5. The monoisotopic (exact) mass is 389 g/mol. The Hall–Kier alpha value is -2.43. The predicted molar refractivity (Wildman–Crippen MR) is 119 cm³/mol. The highest BCUT2D eigenvalue weighted by molar-refractivity contribution is 5.80. The van der Waals surface area contributed by atoms with E-state index >= 15 is 0 Å². The molecule has 0 saturated carbocycles. The van der Waals surface area contributed by atoms with Gasteiger partial charge in [-0.3, -0.25) is 14.6 Å². The van der Waals surface area contributed by atoms with Crippen LogP contribution in [0.1, 0.15) is 23.1 Å². The number of hydrogen-bond donors (Lipinski definition) is 0. The van der Waals surface area contributed by atoms with Crippen molar-refractivity contribution in [3.05, 3.63) is 77.4 Å². The van der Waals surface area contributed by atoms with Crippen LogP contribution in [-0.4, -0.2) is 66.4 Å². The third kappa shape index (κ3) is 5.14. The van der Waals surface area contributed by atoms with Crippen LogP contribution in [0.15, 0.2) is 60.7 Å². The van der Waals surface area contributed by atoms with Crippen molar-refractivity contribution in [2.75, 3.05) is 45.8 Å². The van der Waals surface area contributed by atoms with Crippen molar-refractivity contribution in [3.8, 4) is 0 Å². The van der Waals surface area contributed by atoms with Crippen LogP contribution in [0.4, 0.5) is 0 Å². The number of aryl methyl sites for hydroxylation is 1. The van der Waals surface area contributed by atoms with Crippen molar-refractivity contribution in [1.82, 2.24) is 14.7 Å². The molecule has 0 aliphatic carbocycles. The summed E-state index contributed by atoms with van der Waals surface area (Å²) in [5, 5.41) is 0. The number of piperazine rings is 1.